The summed E-state index contributed by atoms with van der Waals surface area (Å²) < 4.78 is 21.8. The van der Waals surface area contributed by atoms with Crippen molar-refractivity contribution < 1.29 is 28.3 Å². The van der Waals surface area contributed by atoms with Crippen LogP contribution >= 0.6 is 0 Å². The topological polar surface area (TPSA) is 103 Å². The molecule has 3 aromatic carbocycles. The van der Waals surface area contributed by atoms with E-state index in [2.05, 4.69) is 10.5 Å². The molecular formula is C29H27N3O6. The fourth-order valence-electron chi connectivity index (χ4n) is 4.08. The van der Waals surface area contributed by atoms with Gasteiger partial charge in [0.05, 0.1) is 12.6 Å². The van der Waals surface area contributed by atoms with Crippen LogP contribution in [0.5, 0.6) is 17.2 Å². The van der Waals surface area contributed by atoms with Crippen LogP contribution in [0.4, 0.5) is 0 Å². The monoisotopic (exact) mass is 513 g/mol. The number of carbonyl (C=O) groups is 2. The highest BCUT2D eigenvalue weighted by Crippen LogP contribution is 2.32. The number of fused-ring (bicyclic) bond motifs is 1. The molecule has 0 radical (unpaired) electrons. The highest BCUT2D eigenvalue weighted by Gasteiger charge is 2.25. The third-order valence-corrected chi connectivity index (χ3v) is 6.18. The van der Waals surface area contributed by atoms with E-state index in [-0.39, 0.29) is 50.0 Å². The first kappa shape index (κ1) is 24.9. The molecule has 38 heavy (non-hydrogen) atoms. The number of para-hydroxylation sites is 1. The Morgan fingerprint density at radius 2 is 1.71 bits per heavy atom. The number of ether oxygens (including phenoxy) is 3. The summed E-state index contributed by atoms with van der Waals surface area (Å²) >= 11 is 0. The molecule has 1 N–H and O–H groups in total. The number of hydrogen-bond acceptors (Lipinski definition) is 7. The van der Waals surface area contributed by atoms with Crippen molar-refractivity contribution in [2.24, 2.45) is 0 Å². The van der Waals surface area contributed by atoms with E-state index in [4.69, 9.17) is 18.7 Å². The summed E-state index contributed by atoms with van der Waals surface area (Å²) in [4.78, 5) is 27.6. The molecule has 2 heterocycles. The lowest BCUT2D eigenvalue weighted by atomic mass is 10.1. The minimum absolute atomic E-state index is 0.121. The van der Waals surface area contributed by atoms with Gasteiger partial charge in [-0.15, -0.1) is 0 Å². The second kappa shape index (κ2) is 11.5. The Morgan fingerprint density at radius 1 is 0.974 bits per heavy atom. The zero-order valence-corrected chi connectivity index (χ0v) is 20.8. The second-order valence-electron chi connectivity index (χ2n) is 8.76. The van der Waals surface area contributed by atoms with Gasteiger partial charge in [-0.05, 0) is 42.3 Å². The van der Waals surface area contributed by atoms with Crippen LogP contribution in [0, 0.1) is 0 Å². The summed E-state index contributed by atoms with van der Waals surface area (Å²) in [6.45, 7) is 2.39. The summed E-state index contributed by atoms with van der Waals surface area (Å²) in [5.41, 5.74) is 1.95. The first-order chi connectivity index (χ1) is 18.6. The number of rotatable bonds is 10. The van der Waals surface area contributed by atoms with Crippen LogP contribution in [-0.2, 0) is 17.9 Å². The Labute approximate surface area is 219 Å². The van der Waals surface area contributed by atoms with Gasteiger partial charge in [-0.1, -0.05) is 59.8 Å². The van der Waals surface area contributed by atoms with Crippen molar-refractivity contribution in [3.05, 3.63) is 108 Å². The van der Waals surface area contributed by atoms with Crippen LogP contribution in [0.25, 0.3) is 0 Å². The Hall–Kier alpha value is -4.79. The maximum Gasteiger partial charge on any atom is 0.273 e. The third-order valence-electron chi connectivity index (χ3n) is 6.18. The summed E-state index contributed by atoms with van der Waals surface area (Å²) in [6.07, 6.45) is 0. The van der Waals surface area contributed by atoms with Crippen LogP contribution in [0.15, 0.2) is 89.5 Å². The number of amides is 2. The molecule has 1 atom stereocenters. The highest BCUT2D eigenvalue weighted by atomic mass is 16.7. The molecule has 9 heteroatoms. The van der Waals surface area contributed by atoms with E-state index >= 15 is 0 Å². The standard InChI is InChI=1S/C29H27N3O6/c1-20(22-8-4-2-5-9-22)32(28(33)18-35-23-10-6-3-7-11-23)17-24-15-25(31-38-24)29(34)30-16-21-12-13-26-27(14-21)37-19-36-26/h2-15,20H,16-19H2,1H3,(H,30,34). The Balaban J connectivity index is 1.25. The van der Waals surface area contributed by atoms with E-state index in [9.17, 15) is 9.59 Å². The molecule has 0 saturated carbocycles. The number of benzene rings is 3. The molecule has 0 bridgehead atoms. The number of nitrogens with one attached hydrogen (secondary N) is 1. The molecule has 1 unspecified atom stereocenters. The molecule has 0 saturated heterocycles. The molecule has 0 aliphatic carbocycles. The van der Waals surface area contributed by atoms with Gasteiger partial charge in [-0.3, -0.25) is 9.59 Å². The zero-order chi connectivity index (χ0) is 26.3. The molecule has 194 valence electrons. The lowest BCUT2D eigenvalue weighted by molar-refractivity contribution is -0.136. The van der Waals surface area contributed by atoms with Crippen molar-refractivity contribution in [3.8, 4) is 17.2 Å². The van der Waals surface area contributed by atoms with Crippen LogP contribution in [0.2, 0.25) is 0 Å². The fraction of sp³-hybridized carbons (Fsp3) is 0.207. The van der Waals surface area contributed by atoms with Crippen molar-refractivity contribution in [1.29, 1.82) is 0 Å². The number of carbonyl (C=O) groups excluding carboxylic acids is 2. The first-order valence-electron chi connectivity index (χ1n) is 12.2. The zero-order valence-electron chi connectivity index (χ0n) is 20.8. The molecule has 1 aliphatic rings. The van der Waals surface area contributed by atoms with Gasteiger partial charge in [0.15, 0.2) is 29.6 Å². The number of hydrogen-bond donors (Lipinski definition) is 1. The smallest absolute Gasteiger partial charge is 0.273 e. The highest BCUT2D eigenvalue weighted by molar-refractivity contribution is 5.92. The normalized spacial score (nSPS) is 12.6. The summed E-state index contributed by atoms with van der Waals surface area (Å²) in [6, 6.07) is 25.6. The van der Waals surface area contributed by atoms with Gasteiger partial charge in [0.2, 0.25) is 6.79 Å². The minimum atomic E-state index is -0.390. The maximum atomic E-state index is 13.3. The van der Waals surface area contributed by atoms with Gasteiger partial charge in [-0.2, -0.15) is 0 Å². The van der Waals surface area contributed by atoms with Gasteiger partial charge < -0.3 is 29.0 Å². The average molecular weight is 514 g/mol. The quantitative estimate of drug-likeness (QED) is 0.333. The van der Waals surface area contributed by atoms with E-state index in [0.29, 0.717) is 23.0 Å². The van der Waals surface area contributed by atoms with E-state index in [1.165, 1.54) is 0 Å². The molecule has 9 nitrogen and oxygen atoms in total. The third kappa shape index (κ3) is 5.95. The van der Waals surface area contributed by atoms with Crippen molar-refractivity contribution in [2.75, 3.05) is 13.4 Å². The minimum Gasteiger partial charge on any atom is -0.484 e. The van der Waals surface area contributed by atoms with E-state index in [1.54, 1.807) is 29.2 Å². The maximum absolute atomic E-state index is 13.3. The molecule has 2 amide bonds. The van der Waals surface area contributed by atoms with Crippen molar-refractivity contribution in [2.45, 2.75) is 26.1 Å². The van der Waals surface area contributed by atoms with Crippen LogP contribution in [0.1, 0.15) is 40.3 Å². The van der Waals surface area contributed by atoms with Crippen molar-refractivity contribution in [3.63, 3.8) is 0 Å². The van der Waals surface area contributed by atoms with Crippen molar-refractivity contribution in [1.82, 2.24) is 15.4 Å². The fourth-order valence-corrected chi connectivity index (χ4v) is 4.08. The van der Waals surface area contributed by atoms with Crippen molar-refractivity contribution >= 4 is 11.8 Å². The summed E-state index contributed by atoms with van der Waals surface area (Å²) in [7, 11) is 0. The van der Waals surface area contributed by atoms with E-state index in [0.717, 1.165) is 11.1 Å². The van der Waals surface area contributed by atoms with Crippen LogP contribution in [-0.4, -0.2) is 35.3 Å². The van der Waals surface area contributed by atoms with Gasteiger partial charge in [0.1, 0.15) is 5.75 Å². The van der Waals surface area contributed by atoms with Crippen LogP contribution in [0.3, 0.4) is 0 Å². The van der Waals surface area contributed by atoms with Gasteiger partial charge >= 0.3 is 0 Å². The number of aromatic nitrogens is 1. The molecule has 0 spiro atoms. The Bertz CT molecular complexity index is 1390. The second-order valence-corrected chi connectivity index (χ2v) is 8.76. The summed E-state index contributed by atoms with van der Waals surface area (Å²) in [5.74, 6) is 1.70. The number of nitrogens with zero attached hydrogens (tertiary/aromatic N) is 2. The lowest BCUT2D eigenvalue weighted by Crippen LogP contribution is -2.36. The van der Waals surface area contributed by atoms with Crippen LogP contribution < -0.4 is 19.5 Å². The van der Waals surface area contributed by atoms with E-state index < -0.39 is 0 Å². The lowest BCUT2D eigenvalue weighted by Gasteiger charge is -2.28. The summed E-state index contributed by atoms with van der Waals surface area (Å²) in [5, 5.41) is 6.75. The first-order valence-corrected chi connectivity index (χ1v) is 12.2. The largest absolute Gasteiger partial charge is 0.484 e. The molecule has 0 fully saturated rings. The predicted molar refractivity (Wildman–Crippen MR) is 138 cm³/mol. The molecular weight excluding hydrogens is 486 g/mol. The van der Waals surface area contributed by atoms with Gasteiger partial charge in [0, 0.05) is 12.6 Å². The predicted octanol–water partition coefficient (Wildman–Crippen LogP) is 4.50. The molecule has 5 rings (SSSR count). The SMILES string of the molecule is CC(c1ccccc1)N(Cc1cc(C(=O)NCc2ccc3c(c2)OCO3)no1)C(=O)COc1ccccc1. The Morgan fingerprint density at radius 3 is 2.50 bits per heavy atom. The average Bonchev–Trinajstić information content (AvgIpc) is 3.63. The Kier molecular flexibility index (Phi) is 7.54. The van der Waals surface area contributed by atoms with Gasteiger partial charge in [0.25, 0.3) is 11.8 Å². The molecule has 4 aromatic rings. The van der Waals surface area contributed by atoms with E-state index in [1.807, 2.05) is 67.6 Å². The van der Waals surface area contributed by atoms with Gasteiger partial charge in [-0.25, -0.2) is 0 Å². The molecule has 1 aromatic heterocycles. The molecule has 1 aliphatic heterocycles.